The Morgan fingerprint density at radius 2 is 0.903 bits per heavy atom. The second-order valence-electron chi connectivity index (χ2n) is 24.7. The fourth-order valence-electron chi connectivity index (χ4n) is 11.7. The standard InChI is InChI=1S/C66H126N2O19P2.4Na/c1-7-11-15-19-22-25-26-27-28-29-30-32-34-38-42-46-57(70)67-60-64(82-49-47-54(80-6)45-41-36-18-14-10-4)62(86-88(73,74)75)56(51-79-5)85-65(60)83-52-55-61(72)63(81-48-43-39-35-24-21-17-13-9-3)59(66(84-55)87-89(76,77)78)68-58(71)50-53(69)44-40-37-33-31-23-20-16-12-8-2;;;;/h25-26,54-56,59-66,72H,7-24,27-52H2,1-6H3,(H,67,70)(H,68,71)(H2,73,74,75)(H2,76,77,78);;;;/q;4*+1/p-4/b26-25-;;;;/t54-,55?,56-,59-,60-,61-,62-,63-,64-,65-,66-;;;;/m1..../s1. The SMILES string of the molecule is CCCCCC/C=C\CCCCCCCCCC(=O)N[C@H]1[C@H](OCC2O[C@H](OP(=O)([O-])[O-])[C@H](NC(=O)CC(=O)CCCCCCCCCCC)[C@@H](OCCCCCCCCCC)[C@@H]2O)O[C@H](COC)[C@@H](OP(=O)([O-])[O-])[C@@H]1OCC[C@@H](CCCCCCC)OC.[Na+].[Na+].[Na+].[Na+]. The van der Waals surface area contributed by atoms with Crippen molar-refractivity contribution in [3.05, 3.63) is 12.2 Å². The Morgan fingerprint density at radius 1 is 0.473 bits per heavy atom. The molecule has 0 saturated carbocycles. The van der Waals surface area contributed by atoms with Crippen molar-refractivity contribution in [2.24, 2.45) is 0 Å². The van der Waals surface area contributed by atoms with E-state index >= 15 is 0 Å². The summed E-state index contributed by atoms with van der Waals surface area (Å²) < 4.78 is 77.9. The van der Waals surface area contributed by atoms with Gasteiger partial charge in [-0.15, -0.1) is 0 Å². The number of allylic oxidation sites excluding steroid dienone is 2. The average Bonchev–Trinajstić information content (AvgIpc) is 0.798. The van der Waals surface area contributed by atoms with Gasteiger partial charge < -0.3 is 86.6 Å². The molecule has 2 aliphatic heterocycles. The maximum atomic E-state index is 14.1. The average molecular weight is 1400 g/mol. The quantitative estimate of drug-likeness (QED) is 0.0219. The molecule has 2 heterocycles. The molecule has 2 aliphatic rings. The van der Waals surface area contributed by atoms with Gasteiger partial charge in [0.15, 0.2) is 12.6 Å². The third-order valence-corrected chi connectivity index (χ3v) is 17.8. The molecule has 524 valence electrons. The molecule has 3 N–H and O–H groups in total. The topological polar surface area (TPSA) is 305 Å². The normalized spacial score (nSPS) is 21.9. The van der Waals surface area contributed by atoms with Gasteiger partial charge in [-0.05, 0) is 57.8 Å². The Kier molecular flexibility index (Phi) is 68.3. The van der Waals surface area contributed by atoms with Gasteiger partial charge in [0.25, 0.3) is 0 Å². The van der Waals surface area contributed by atoms with Crippen molar-refractivity contribution in [2.45, 2.75) is 352 Å². The Labute approximate surface area is 650 Å². The van der Waals surface area contributed by atoms with Gasteiger partial charge in [0, 0.05) is 40.3 Å². The maximum Gasteiger partial charge on any atom is 1.00 e. The first-order valence-electron chi connectivity index (χ1n) is 34.9. The number of ketones is 1. The summed E-state index contributed by atoms with van der Waals surface area (Å²) in [4.78, 5) is 90.9. The molecule has 93 heavy (non-hydrogen) atoms. The summed E-state index contributed by atoms with van der Waals surface area (Å²) in [6.45, 7) is 7.64. The van der Waals surface area contributed by atoms with Crippen molar-refractivity contribution >= 4 is 33.2 Å². The zero-order valence-corrected chi connectivity index (χ0v) is 69.6. The number of unbranched alkanes of at least 4 members (excludes halogenated alkanes) is 30. The molecule has 0 aromatic heterocycles. The van der Waals surface area contributed by atoms with Crippen LogP contribution in [0.1, 0.15) is 285 Å². The summed E-state index contributed by atoms with van der Waals surface area (Å²) in [7, 11) is -8.77. The number of phosphoric ester groups is 2. The van der Waals surface area contributed by atoms with Crippen LogP contribution in [-0.4, -0.2) is 131 Å². The van der Waals surface area contributed by atoms with E-state index in [4.69, 9.17) is 42.2 Å². The van der Waals surface area contributed by atoms with E-state index in [2.05, 4.69) is 50.5 Å². The number of rotatable bonds is 59. The first-order chi connectivity index (χ1) is 42.9. The Hall–Kier alpha value is 2.25. The van der Waals surface area contributed by atoms with Crippen LogP contribution in [-0.2, 0) is 65.7 Å². The van der Waals surface area contributed by atoms with Gasteiger partial charge in [0.05, 0.1) is 41.4 Å². The first-order valence-corrected chi connectivity index (χ1v) is 37.9. The molecule has 0 radical (unpaired) electrons. The maximum absolute atomic E-state index is 14.1. The van der Waals surface area contributed by atoms with Crippen LogP contribution in [0, 0.1) is 0 Å². The summed E-state index contributed by atoms with van der Waals surface area (Å²) in [5, 5.41) is 17.7. The van der Waals surface area contributed by atoms with E-state index in [1.165, 1.54) is 58.5 Å². The van der Waals surface area contributed by atoms with Gasteiger partial charge in [-0.2, -0.15) is 0 Å². The van der Waals surface area contributed by atoms with Crippen molar-refractivity contribution < 1.29 is 209 Å². The summed E-state index contributed by atoms with van der Waals surface area (Å²) >= 11 is 0. The zero-order chi connectivity index (χ0) is 65.4. The summed E-state index contributed by atoms with van der Waals surface area (Å²) in [5.41, 5.74) is 0. The number of nitrogens with one attached hydrogen (secondary N) is 2. The predicted molar refractivity (Wildman–Crippen MR) is 338 cm³/mol. The van der Waals surface area contributed by atoms with Gasteiger partial charge >= 0.3 is 118 Å². The Balaban J connectivity index is -0.0000202. The van der Waals surface area contributed by atoms with E-state index in [9.17, 15) is 48.2 Å². The first kappa shape index (κ1) is 99.4. The minimum absolute atomic E-state index is 0. The molecule has 21 nitrogen and oxygen atoms in total. The monoisotopic (exact) mass is 1400 g/mol. The van der Waals surface area contributed by atoms with Gasteiger partial charge in [-0.3, -0.25) is 14.4 Å². The molecule has 11 atom stereocenters. The minimum atomic E-state index is -5.90. The van der Waals surface area contributed by atoms with Crippen LogP contribution < -0.4 is 148 Å². The van der Waals surface area contributed by atoms with Crippen molar-refractivity contribution in [2.75, 3.05) is 40.6 Å². The largest absolute Gasteiger partial charge is 1.00 e. The number of aliphatic hydroxyl groups excluding tert-OH is 1. The molecule has 0 spiro atoms. The number of carbonyl (C=O) groups excluding carboxylic acids is 3. The van der Waals surface area contributed by atoms with E-state index in [1.807, 2.05) is 0 Å². The number of aliphatic hydroxyl groups is 1. The molecule has 0 aliphatic carbocycles. The van der Waals surface area contributed by atoms with Gasteiger partial charge in [-0.25, -0.2) is 0 Å². The zero-order valence-electron chi connectivity index (χ0n) is 59.8. The molecule has 0 bridgehead atoms. The smallest absolute Gasteiger partial charge is 0.790 e. The number of carbonyl (C=O) groups is 3. The van der Waals surface area contributed by atoms with E-state index in [1.54, 1.807) is 7.11 Å². The van der Waals surface area contributed by atoms with Crippen molar-refractivity contribution in [3.8, 4) is 0 Å². The minimum Gasteiger partial charge on any atom is -0.790 e. The molecule has 27 heteroatoms. The number of hydrogen-bond acceptors (Lipinski definition) is 19. The molecule has 2 fully saturated rings. The summed E-state index contributed by atoms with van der Waals surface area (Å²) in [6.07, 6.45) is 28.0. The van der Waals surface area contributed by atoms with E-state index < -0.39 is 102 Å². The molecule has 2 amide bonds. The molecular weight excluding hydrogens is 1280 g/mol. The Bertz CT molecular complexity index is 1920. The molecule has 0 aromatic rings. The Morgan fingerprint density at radius 3 is 1.41 bits per heavy atom. The fourth-order valence-corrected chi connectivity index (χ4v) is 12.7. The third kappa shape index (κ3) is 50.3. The van der Waals surface area contributed by atoms with Gasteiger partial charge in [0.2, 0.25) is 11.8 Å². The molecule has 2 rings (SSSR count). The van der Waals surface area contributed by atoms with E-state index in [-0.39, 0.29) is 163 Å². The second kappa shape index (κ2) is 63.9. The summed E-state index contributed by atoms with van der Waals surface area (Å²) in [5.74, 6) is -1.64. The van der Waals surface area contributed by atoms with Gasteiger partial charge in [-0.1, -0.05) is 220 Å². The van der Waals surface area contributed by atoms with Crippen LogP contribution in [0.25, 0.3) is 0 Å². The van der Waals surface area contributed by atoms with Crippen LogP contribution in [0.15, 0.2) is 12.2 Å². The third-order valence-electron chi connectivity index (χ3n) is 16.8. The van der Waals surface area contributed by atoms with Crippen LogP contribution in [0.5, 0.6) is 0 Å². The van der Waals surface area contributed by atoms with Crippen molar-refractivity contribution in [1.29, 1.82) is 0 Å². The molecule has 2 saturated heterocycles. The van der Waals surface area contributed by atoms with E-state index in [0.29, 0.717) is 25.7 Å². The molecular formula is C66H122N2Na4O19P2. The number of phosphoric acid groups is 2. The van der Waals surface area contributed by atoms with Gasteiger partial charge in [0.1, 0.15) is 54.5 Å². The molecule has 0 aromatic carbocycles. The fraction of sp³-hybridized carbons (Fsp3) is 0.924. The number of ether oxygens (including phenoxy) is 7. The van der Waals surface area contributed by atoms with Crippen LogP contribution in [0.4, 0.5) is 0 Å². The van der Waals surface area contributed by atoms with Crippen LogP contribution in [0.3, 0.4) is 0 Å². The second-order valence-corrected chi connectivity index (χ2v) is 27.0. The van der Waals surface area contributed by atoms with Crippen LogP contribution >= 0.6 is 15.6 Å². The summed E-state index contributed by atoms with van der Waals surface area (Å²) in [6, 6.07) is -3.00. The number of Topliss-reactive ketones (excluding diaryl/α,β-unsaturated/α-hetero) is 1. The van der Waals surface area contributed by atoms with E-state index in [0.717, 1.165) is 161 Å². The predicted octanol–water partition coefficient (Wildman–Crippen LogP) is -0.901. The van der Waals surface area contributed by atoms with Crippen LogP contribution in [0.2, 0.25) is 0 Å². The molecule has 1 unspecified atom stereocenters. The van der Waals surface area contributed by atoms with Crippen molar-refractivity contribution in [3.63, 3.8) is 0 Å². The number of hydrogen-bond donors (Lipinski definition) is 3. The number of methoxy groups -OCH3 is 2. The number of amides is 2. The van der Waals surface area contributed by atoms with Crippen molar-refractivity contribution in [1.82, 2.24) is 10.6 Å².